The van der Waals surface area contributed by atoms with Crippen molar-refractivity contribution < 1.29 is 14.3 Å². The van der Waals surface area contributed by atoms with Crippen molar-refractivity contribution in [1.29, 1.82) is 0 Å². The summed E-state index contributed by atoms with van der Waals surface area (Å²) in [6.45, 7) is 0. The summed E-state index contributed by atoms with van der Waals surface area (Å²) in [6, 6.07) is 0. The Morgan fingerprint density at radius 3 is 2.38 bits per heavy atom. The summed E-state index contributed by atoms with van der Waals surface area (Å²) in [5.74, 6) is 2.56. The van der Waals surface area contributed by atoms with Gasteiger partial charge in [-0.15, -0.1) is 10.2 Å². The molecule has 1 N–H and O–H groups in total. The van der Waals surface area contributed by atoms with Gasteiger partial charge >= 0.3 is 5.97 Å². The van der Waals surface area contributed by atoms with Gasteiger partial charge in [0.15, 0.2) is 0 Å². The molecule has 21 heavy (non-hydrogen) atoms. The first kappa shape index (κ1) is 13.6. The predicted octanol–water partition coefficient (Wildman–Crippen LogP) is 3.01. The van der Waals surface area contributed by atoms with Crippen LogP contribution in [0.3, 0.4) is 0 Å². The summed E-state index contributed by atoms with van der Waals surface area (Å²) in [6.07, 6.45) is 9.14. The lowest BCUT2D eigenvalue weighted by Crippen LogP contribution is -2.47. The van der Waals surface area contributed by atoms with E-state index in [0.29, 0.717) is 16.5 Å². The van der Waals surface area contributed by atoms with Crippen molar-refractivity contribution in [2.45, 2.75) is 50.2 Å². The SMILES string of the molecule is O=C(O)CSc1nnc(CC23CC4CC(CC(C4)C2)C3)o1. The van der Waals surface area contributed by atoms with Crippen molar-refractivity contribution in [2.24, 2.45) is 23.2 Å². The Morgan fingerprint density at radius 2 is 1.81 bits per heavy atom. The van der Waals surface area contributed by atoms with Crippen LogP contribution in [0.1, 0.15) is 44.4 Å². The molecule has 0 aliphatic heterocycles. The van der Waals surface area contributed by atoms with Gasteiger partial charge < -0.3 is 9.52 Å². The highest BCUT2D eigenvalue weighted by Crippen LogP contribution is 2.60. The van der Waals surface area contributed by atoms with Crippen molar-refractivity contribution in [1.82, 2.24) is 10.2 Å². The zero-order chi connectivity index (χ0) is 14.4. The summed E-state index contributed by atoms with van der Waals surface area (Å²) >= 11 is 1.10. The Morgan fingerprint density at radius 1 is 1.19 bits per heavy atom. The Hall–Kier alpha value is -1.04. The molecular weight excluding hydrogens is 288 g/mol. The maximum Gasteiger partial charge on any atom is 0.314 e. The Bertz CT molecular complexity index is 522. The molecule has 0 atom stereocenters. The highest BCUT2D eigenvalue weighted by atomic mass is 32.2. The van der Waals surface area contributed by atoms with Crippen molar-refractivity contribution in [3.63, 3.8) is 0 Å². The summed E-state index contributed by atoms with van der Waals surface area (Å²) in [7, 11) is 0. The topological polar surface area (TPSA) is 76.2 Å². The van der Waals surface area contributed by atoms with Gasteiger partial charge in [0.25, 0.3) is 5.22 Å². The molecule has 5 rings (SSSR count). The van der Waals surface area contributed by atoms with Gasteiger partial charge in [-0.3, -0.25) is 4.79 Å². The molecule has 4 aliphatic carbocycles. The number of carboxylic acid groups (broad SMARTS) is 1. The third-order valence-corrected chi connectivity index (χ3v) is 6.26. The molecule has 1 aromatic rings. The summed E-state index contributed by atoms with van der Waals surface area (Å²) in [5, 5.41) is 17.2. The minimum atomic E-state index is -0.860. The first-order chi connectivity index (χ1) is 10.1. The minimum Gasteiger partial charge on any atom is -0.481 e. The van der Waals surface area contributed by atoms with E-state index in [4.69, 9.17) is 9.52 Å². The van der Waals surface area contributed by atoms with Gasteiger partial charge in [-0.1, -0.05) is 11.8 Å². The highest BCUT2D eigenvalue weighted by molar-refractivity contribution is 7.99. The van der Waals surface area contributed by atoms with Crippen LogP contribution in [0.25, 0.3) is 0 Å². The van der Waals surface area contributed by atoms with Gasteiger partial charge in [-0.05, 0) is 61.7 Å². The Kier molecular flexibility index (Phi) is 3.24. The quantitative estimate of drug-likeness (QED) is 0.843. The highest BCUT2D eigenvalue weighted by Gasteiger charge is 2.51. The van der Waals surface area contributed by atoms with Crippen molar-refractivity contribution in [3.05, 3.63) is 5.89 Å². The molecule has 1 aromatic heterocycles. The van der Waals surface area contributed by atoms with Gasteiger partial charge in [0.2, 0.25) is 5.89 Å². The molecule has 0 unspecified atom stereocenters. The summed E-state index contributed by atoms with van der Waals surface area (Å²) in [4.78, 5) is 10.6. The van der Waals surface area contributed by atoms with Crippen molar-refractivity contribution in [2.75, 3.05) is 5.75 Å². The second-order valence-corrected chi connectivity index (χ2v) is 8.17. The molecule has 1 heterocycles. The van der Waals surface area contributed by atoms with E-state index in [0.717, 1.165) is 35.9 Å². The van der Waals surface area contributed by atoms with Crippen molar-refractivity contribution in [3.8, 4) is 0 Å². The molecular formula is C15H20N2O3S. The van der Waals surface area contributed by atoms with E-state index in [9.17, 15) is 4.79 Å². The third kappa shape index (κ3) is 2.70. The standard InChI is InChI=1S/C15H20N2O3S/c18-13(19)8-21-14-17-16-12(20-14)7-15-4-9-1-10(5-15)3-11(2-9)6-15/h9-11H,1-8H2,(H,18,19). The molecule has 0 aromatic carbocycles. The van der Waals surface area contributed by atoms with E-state index in [2.05, 4.69) is 10.2 Å². The molecule has 0 spiro atoms. The largest absolute Gasteiger partial charge is 0.481 e. The second-order valence-electron chi connectivity index (χ2n) is 7.24. The number of aliphatic carboxylic acids is 1. The van der Waals surface area contributed by atoms with Crippen LogP contribution in [0.2, 0.25) is 0 Å². The molecule has 4 fully saturated rings. The van der Waals surface area contributed by atoms with E-state index >= 15 is 0 Å². The van der Waals surface area contributed by atoms with Crippen LogP contribution in [0.15, 0.2) is 9.64 Å². The van der Waals surface area contributed by atoms with Crippen LogP contribution in [0.5, 0.6) is 0 Å². The molecule has 0 radical (unpaired) electrons. The van der Waals surface area contributed by atoms with Crippen LogP contribution in [-0.4, -0.2) is 27.0 Å². The summed E-state index contributed by atoms with van der Waals surface area (Å²) in [5.41, 5.74) is 0.385. The van der Waals surface area contributed by atoms with Gasteiger partial charge in [0.05, 0.1) is 0 Å². The van der Waals surface area contributed by atoms with Gasteiger partial charge in [0, 0.05) is 6.42 Å². The Balaban J connectivity index is 1.45. The number of thioether (sulfide) groups is 1. The number of nitrogens with zero attached hydrogens (tertiary/aromatic N) is 2. The van der Waals surface area contributed by atoms with Crippen LogP contribution in [0, 0.1) is 23.2 Å². The molecule has 5 nitrogen and oxygen atoms in total. The number of carbonyl (C=O) groups is 1. The smallest absolute Gasteiger partial charge is 0.314 e. The molecule has 4 aliphatic rings. The third-order valence-electron chi connectivity index (χ3n) is 5.46. The number of carboxylic acids is 1. The fraction of sp³-hybridized carbons (Fsp3) is 0.800. The molecule has 114 valence electrons. The van der Waals surface area contributed by atoms with E-state index < -0.39 is 5.97 Å². The van der Waals surface area contributed by atoms with Gasteiger partial charge in [0.1, 0.15) is 5.75 Å². The lowest BCUT2D eigenvalue weighted by atomic mass is 9.49. The number of rotatable bonds is 5. The first-order valence-electron chi connectivity index (χ1n) is 7.77. The Labute approximate surface area is 127 Å². The maximum absolute atomic E-state index is 10.6. The minimum absolute atomic E-state index is 0.0288. The normalized spacial score (nSPS) is 37.0. The van der Waals surface area contributed by atoms with E-state index in [-0.39, 0.29) is 5.75 Å². The van der Waals surface area contributed by atoms with E-state index in [1.165, 1.54) is 38.5 Å². The van der Waals surface area contributed by atoms with Crippen LogP contribution < -0.4 is 0 Å². The van der Waals surface area contributed by atoms with Gasteiger partial charge in [-0.2, -0.15) is 0 Å². The molecule has 0 saturated heterocycles. The average molecular weight is 308 g/mol. The number of hydrogen-bond donors (Lipinski definition) is 1. The predicted molar refractivity (Wildman–Crippen MR) is 77.0 cm³/mol. The number of aromatic nitrogens is 2. The van der Waals surface area contributed by atoms with Crippen LogP contribution in [-0.2, 0) is 11.2 Å². The van der Waals surface area contributed by atoms with E-state index in [1.807, 2.05) is 0 Å². The molecule has 0 amide bonds. The lowest BCUT2D eigenvalue weighted by Gasteiger charge is -2.56. The average Bonchev–Trinajstić information content (AvgIpc) is 2.81. The van der Waals surface area contributed by atoms with Gasteiger partial charge in [-0.25, -0.2) is 0 Å². The van der Waals surface area contributed by atoms with E-state index in [1.54, 1.807) is 0 Å². The lowest BCUT2D eigenvalue weighted by molar-refractivity contribution is -0.133. The zero-order valence-corrected chi connectivity index (χ0v) is 12.8. The number of hydrogen-bond acceptors (Lipinski definition) is 5. The monoisotopic (exact) mass is 308 g/mol. The summed E-state index contributed by atoms with van der Waals surface area (Å²) < 4.78 is 5.65. The van der Waals surface area contributed by atoms with Crippen molar-refractivity contribution >= 4 is 17.7 Å². The first-order valence-corrected chi connectivity index (χ1v) is 8.76. The zero-order valence-electron chi connectivity index (χ0n) is 12.0. The fourth-order valence-corrected chi connectivity index (χ4v) is 5.82. The second kappa shape index (κ2) is 5.00. The molecule has 4 saturated carbocycles. The fourth-order valence-electron chi connectivity index (χ4n) is 5.32. The van der Waals surface area contributed by atoms with Crippen LogP contribution in [0.4, 0.5) is 0 Å². The van der Waals surface area contributed by atoms with Crippen LogP contribution >= 0.6 is 11.8 Å². The molecule has 4 bridgehead atoms. The molecule has 6 heteroatoms. The maximum atomic E-state index is 10.6.